The molecule has 0 saturated carbocycles. The Labute approximate surface area is 222 Å². The SMILES string of the molecule is CCN(CCO)CC/C=C/c1ccc2c(Nc3cc(CC(=O)Nc4cc(F)c(F)c(F)c4)[nH]n3)ncnc2c1. The van der Waals surface area contributed by atoms with Crippen LogP contribution in [0.2, 0.25) is 0 Å². The largest absolute Gasteiger partial charge is 0.395 e. The molecule has 0 aliphatic heterocycles. The summed E-state index contributed by atoms with van der Waals surface area (Å²) >= 11 is 0. The van der Waals surface area contributed by atoms with Gasteiger partial charge in [-0.1, -0.05) is 25.1 Å². The topological polar surface area (TPSA) is 119 Å². The number of aliphatic hydroxyl groups excluding tert-OH is 1. The summed E-state index contributed by atoms with van der Waals surface area (Å²) in [6.07, 6.45) is 6.26. The molecule has 0 fully saturated rings. The molecule has 0 bridgehead atoms. The maximum atomic E-state index is 13.4. The lowest BCUT2D eigenvalue weighted by molar-refractivity contribution is -0.115. The fraction of sp³-hybridized carbons (Fsp3) is 0.259. The van der Waals surface area contributed by atoms with E-state index in [1.165, 1.54) is 6.33 Å². The van der Waals surface area contributed by atoms with Crippen molar-refractivity contribution < 1.29 is 23.1 Å². The van der Waals surface area contributed by atoms with E-state index < -0.39 is 23.4 Å². The molecule has 4 rings (SSSR count). The van der Waals surface area contributed by atoms with Crippen LogP contribution in [-0.2, 0) is 11.2 Å². The van der Waals surface area contributed by atoms with Crippen LogP contribution in [0.1, 0.15) is 24.6 Å². The van der Waals surface area contributed by atoms with Gasteiger partial charge in [0.15, 0.2) is 23.3 Å². The van der Waals surface area contributed by atoms with E-state index in [1.807, 2.05) is 24.3 Å². The van der Waals surface area contributed by atoms with Gasteiger partial charge in [0.25, 0.3) is 0 Å². The lowest BCUT2D eigenvalue weighted by Gasteiger charge is -2.17. The molecular weight excluding hydrogens is 511 g/mol. The van der Waals surface area contributed by atoms with Gasteiger partial charge in [0.2, 0.25) is 5.91 Å². The molecule has 12 heteroatoms. The van der Waals surface area contributed by atoms with Crippen molar-refractivity contribution in [1.29, 1.82) is 0 Å². The third-order valence-electron chi connectivity index (χ3n) is 5.94. The van der Waals surface area contributed by atoms with Crippen LogP contribution in [0.3, 0.4) is 0 Å². The van der Waals surface area contributed by atoms with Crippen LogP contribution < -0.4 is 10.6 Å². The third-order valence-corrected chi connectivity index (χ3v) is 5.94. The van der Waals surface area contributed by atoms with Crippen molar-refractivity contribution in [1.82, 2.24) is 25.1 Å². The van der Waals surface area contributed by atoms with E-state index in [0.717, 1.165) is 36.0 Å². The van der Waals surface area contributed by atoms with Crippen LogP contribution >= 0.6 is 0 Å². The molecule has 4 N–H and O–H groups in total. The first kappa shape index (κ1) is 27.7. The van der Waals surface area contributed by atoms with Gasteiger partial charge in [0.05, 0.1) is 18.5 Å². The van der Waals surface area contributed by atoms with Gasteiger partial charge in [0, 0.05) is 48.1 Å². The second kappa shape index (κ2) is 13.0. The Bertz CT molecular complexity index is 1450. The number of aromatic nitrogens is 4. The van der Waals surface area contributed by atoms with Crippen molar-refractivity contribution in [3.05, 3.63) is 77.5 Å². The van der Waals surface area contributed by atoms with Gasteiger partial charge >= 0.3 is 0 Å². The van der Waals surface area contributed by atoms with E-state index in [4.69, 9.17) is 5.11 Å². The van der Waals surface area contributed by atoms with Crippen LogP contribution in [0.25, 0.3) is 17.0 Å². The van der Waals surface area contributed by atoms with E-state index in [1.54, 1.807) is 6.07 Å². The Balaban J connectivity index is 1.37. The van der Waals surface area contributed by atoms with E-state index in [9.17, 15) is 18.0 Å². The predicted molar refractivity (Wildman–Crippen MR) is 143 cm³/mol. The minimum Gasteiger partial charge on any atom is -0.395 e. The number of aliphatic hydroxyl groups is 1. The average Bonchev–Trinajstić information content (AvgIpc) is 3.35. The van der Waals surface area contributed by atoms with Gasteiger partial charge in [-0.05, 0) is 30.7 Å². The molecule has 0 radical (unpaired) electrons. The first-order valence-corrected chi connectivity index (χ1v) is 12.4. The number of amides is 1. The maximum Gasteiger partial charge on any atom is 0.230 e. The van der Waals surface area contributed by atoms with E-state index in [2.05, 4.69) is 48.7 Å². The van der Waals surface area contributed by atoms with Crippen molar-refractivity contribution in [2.45, 2.75) is 19.8 Å². The summed E-state index contributed by atoms with van der Waals surface area (Å²) in [5, 5.41) is 22.2. The van der Waals surface area contributed by atoms with Gasteiger partial charge < -0.3 is 20.6 Å². The first-order chi connectivity index (χ1) is 18.9. The smallest absolute Gasteiger partial charge is 0.230 e. The number of likely N-dealkylation sites (N-methyl/N-ethyl adjacent to an activating group) is 1. The molecule has 2 heterocycles. The van der Waals surface area contributed by atoms with Crippen molar-refractivity contribution in [2.75, 3.05) is 36.9 Å². The Morgan fingerprint density at radius 3 is 2.64 bits per heavy atom. The number of nitrogens with zero attached hydrogens (tertiary/aromatic N) is 4. The maximum absolute atomic E-state index is 13.4. The summed E-state index contributed by atoms with van der Waals surface area (Å²) in [5.41, 5.74) is 1.97. The molecule has 9 nitrogen and oxygen atoms in total. The number of hydrogen-bond donors (Lipinski definition) is 4. The van der Waals surface area contributed by atoms with Crippen LogP contribution in [0.5, 0.6) is 0 Å². The summed E-state index contributed by atoms with van der Waals surface area (Å²) in [5.74, 6) is -4.02. The molecule has 0 spiro atoms. The fourth-order valence-corrected chi connectivity index (χ4v) is 3.97. The van der Waals surface area contributed by atoms with Crippen LogP contribution in [0.15, 0.2) is 48.8 Å². The Morgan fingerprint density at radius 2 is 1.90 bits per heavy atom. The molecule has 0 atom stereocenters. The number of hydrogen-bond acceptors (Lipinski definition) is 7. The van der Waals surface area contributed by atoms with Crippen molar-refractivity contribution >= 4 is 40.2 Å². The van der Waals surface area contributed by atoms with Gasteiger partial charge in [-0.3, -0.25) is 9.89 Å². The van der Waals surface area contributed by atoms with Crippen LogP contribution in [0, 0.1) is 17.5 Å². The standard InChI is InChI=1S/C27H28F3N7O2/c1-2-37(9-10-38)8-4-3-5-17-6-7-20-23(11-17)31-16-32-27(20)34-24-14-19(35-36-24)15-25(39)33-18-12-21(28)26(30)22(29)13-18/h3,5-7,11-14,16,38H,2,4,8-10,15H2,1H3,(H,33,39)(H2,31,32,34,35,36)/b5-3+. The summed E-state index contributed by atoms with van der Waals surface area (Å²) in [7, 11) is 0. The van der Waals surface area contributed by atoms with Gasteiger partial charge in [-0.15, -0.1) is 0 Å². The number of H-pyrrole nitrogens is 1. The van der Waals surface area contributed by atoms with Gasteiger partial charge in [-0.25, -0.2) is 23.1 Å². The summed E-state index contributed by atoms with van der Waals surface area (Å²) in [4.78, 5) is 23.1. The molecule has 0 unspecified atom stereocenters. The molecule has 39 heavy (non-hydrogen) atoms. The summed E-state index contributed by atoms with van der Waals surface area (Å²) in [6, 6.07) is 8.83. The normalized spacial score (nSPS) is 11.5. The Kier molecular flexibility index (Phi) is 9.23. The zero-order valence-electron chi connectivity index (χ0n) is 21.2. The predicted octanol–water partition coefficient (Wildman–Crippen LogP) is 4.41. The van der Waals surface area contributed by atoms with Crippen molar-refractivity contribution in [3.63, 3.8) is 0 Å². The molecule has 2 aromatic carbocycles. The number of anilines is 3. The second-order valence-corrected chi connectivity index (χ2v) is 8.73. The highest BCUT2D eigenvalue weighted by atomic mass is 19.2. The number of aromatic amines is 1. The number of fused-ring (bicyclic) bond motifs is 1. The zero-order valence-corrected chi connectivity index (χ0v) is 21.2. The second-order valence-electron chi connectivity index (χ2n) is 8.73. The lowest BCUT2D eigenvalue weighted by atomic mass is 10.1. The van der Waals surface area contributed by atoms with Crippen molar-refractivity contribution in [2.24, 2.45) is 0 Å². The number of carbonyl (C=O) groups excluding carboxylic acids is 1. The highest BCUT2D eigenvalue weighted by molar-refractivity contribution is 5.93. The Hall–Kier alpha value is -4.29. The number of carbonyl (C=O) groups is 1. The minimum atomic E-state index is -1.60. The van der Waals surface area contributed by atoms with E-state index >= 15 is 0 Å². The first-order valence-electron chi connectivity index (χ1n) is 12.4. The fourth-order valence-electron chi connectivity index (χ4n) is 3.97. The quantitative estimate of drug-likeness (QED) is 0.197. The molecule has 2 aromatic heterocycles. The highest BCUT2D eigenvalue weighted by Gasteiger charge is 2.14. The monoisotopic (exact) mass is 539 g/mol. The third kappa shape index (κ3) is 7.39. The number of rotatable bonds is 12. The summed E-state index contributed by atoms with van der Waals surface area (Å²) < 4.78 is 39.9. The van der Waals surface area contributed by atoms with Crippen molar-refractivity contribution in [3.8, 4) is 0 Å². The Morgan fingerprint density at radius 1 is 1.10 bits per heavy atom. The van der Waals surface area contributed by atoms with E-state index in [0.29, 0.717) is 36.0 Å². The molecule has 4 aromatic rings. The number of benzene rings is 2. The van der Waals surface area contributed by atoms with Crippen LogP contribution in [0.4, 0.5) is 30.5 Å². The summed E-state index contributed by atoms with van der Waals surface area (Å²) in [6.45, 7) is 4.64. The molecule has 0 aliphatic carbocycles. The molecular formula is C27H28F3N7O2. The average molecular weight is 540 g/mol. The van der Waals surface area contributed by atoms with Gasteiger partial charge in [-0.2, -0.15) is 5.10 Å². The van der Waals surface area contributed by atoms with Crippen LogP contribution in [-0.4, -0.2) is 62.3 Å². The van der Waals surface area contributed by atoms with E-state index in [-0.39, 0.29) is 18.7 Å². The molecule has 1 amide bonds. The van der Waals surface area contributed by atoms with Gasteiger partial charge in [0.1, 0.15) is 12.1 Å². The lowest BCUT2D eigenvalue weighted by Crippen LogP contribution is -2.27. The molecule has 0 saturated heterocycles. The zero-order chi connectivity index (χ0) is 27.8. The highest BCUT2D eigenvalue weighted by Crippen LogP contribution is 2.24. The molecule has 0 aliphatic rings. The number of nitrogens with one attached hydrogen (secondary N) is 3. The molecule has 204 valence electrons. The minimum absolute atomic E-state index is 0.148. The number of halogens is 3.